The summed E-state index contributed by atoms with van der Waals surface area (Å²) in [5.74, 6) is -1.20. The molecule has 0 radical (unpaired) electrons. The molecule has 80 valence electrons. The molecule has 0 bridgehead atoms. The third-order valence-corrected chi connectivity index (χ3v) is 1.71. The Labute approximate surface area is 84.9 Å². The van der Waals surface area contributed by atoms with E-state index in [1.165, 1.54) is 0 Å². The van der Waals surface area contributed by atoms with Crippen LogP contribution in [0.15, 0.2) is 6.20 Å². The number of aromatic carboxylic acids is 1. The average molecular weight is 212 g/mol. The van der Waals surface area contributed by atoms with Crippen LogP contribution in [0.25, 0.3) is 0 Å². The molecule has 1 aromatic rings. The first-order valence-electron chi connectivity index (χ1n) is 4.28. The lowest BCUT2D eigenvalue weighted by atomic mass is 10.2. The Morgan fingerprint density at radius 3 is 3.07 bits per heavy atom. The number of carboxylic acids is 1. The fraction of sp³-hybridized carbons (Fsp3) is 0.500. The maximum atomic E-state index is 13.1. The van der Waals surface area contributed by atoms with E-state index in [2.05, 4.69) is 10.3 Å². The van der Waals surface area contributed by atoms with Crippen LogP contribution in [-0.2, 0) is 6.54 Å². The number of nitriles is 1. The number of rotatable bonds is 5. The number of hydrogen-bond acceptors (Lipinski definition) is 4. The molecule has 0 amide bonds. The fourth-order valence-corrected chi connectivity index (χ4v) is 1.00. The van der Waals surface area contributed by atoms with Crippen LogP contribution >= 0.6 is 0 Å². The number of nitrogens with zero attached hydrogens (tertiary/aromatic N) is 4. The van der Waals surface area contributed by atoms with Gasteiger partial charge in [-0.1, -0.05) is 5.21 Å². The van der Waals surface area contributed by atoms with Crippen molar-refractivity contribution in [3.05, 3.63) is 11.9 Å². The molecule has 0 saturated heterocycles. The normalized spacial score (nSPS) is 12.0. The molecule has 0 aliphatic heterocycles. The molecule has 0 fully saturated rings. The van der Waals surface area contributed by atoms with Crippen LogP contribution in [0.1, 0.15) is 23.3 Å². The monoisotopic (exact) mass is 212 g/mol. The van der Waals surface area contributed by atoms with E-state index in [4.69, 9.17) is 10.4 Å². The van der Waals surface area contributed by atoms with Gasteiger partial charge in [-0.15, -0.1) is 5.10 Å². The molecule has 0 aromatic carbocycles. The lowest BCUT2D eigenvalue weighted by molar-refractivity contribution is 0.0690. The highest BCUT2D eigenvalue weighted by atomic mass is 19.1. The minimum atomic E-state index is -1.21. The SMILES string of the molecule is N#CCCC(F)Cn1cc(C(=O)O)nn1. The summed E-state index contributed by atoms with van der Waals surface area (Å²) in [6.07, 6.45) is 0.176. The molecule has 1 aromatic heterocycles. The van der Waals surface area contributed by atoms with Crippen molar-refractivity contribution in [2.24, 2.45) is 0 Å². The van der Waals surface area contributed by atoms with Crippen LogP contribution in [0.4, 0.5) is 4.39 Å². The van der Waals surface area contributed by atoms with Crippen molar-refractivity contribution >= 4 is 5.97 Å². The minimum absolute atomic E-state index is 0.0814. The van der Waals surface area contributed by atoms with Gasteiger partial charge in [-0.25, -0.2) is 13.9 Å². The molecule has 7 heteroatoms. The van der Waals surface area contributed by atoms with Gasteiger partial charge >= 0.3 is 5.97 Å². The van der Waals surface area contributed by atoms with Gasteiger partial charge in [-0.3, -0.25) is 0 Å². The van der Waals surface area contributed by atoms with E-state index < -0.39 is 12.1 Å². The van der Waals surface area contributed by atoms with Crippen LogP contribution in [0.3, 0.4) is 0 Å². The second-order valence-electron chi connectivity index (χ2n) is 2.93. The highest BCUT2D eigenvalue weighted by Gasteiger charge is 2.12. The van der Waals surface area contributed by atoms with Gasteiger partial charge in [0.25, 0.3) is 0 Å². The molecule has 0 aliphatic rings. The van der Waals surface area contributed by atoms with Gasteiger partial charge in [0.1, 0.15) is 6.17 Å². The molecule has 0 saturated carbocycles. The molecule has 1 rings (SSSR count). The van der Waals surface area contributed by atoms with Crippen molar-refractivity contribution in [2.45, 2.75) is 25.6 Å². The Balaban J connectivity index is 2.50. The number of aromatic nitrogens is 3. The van der Waals surface area contributed by atoms with E-state index in [1.54, 1.807) is 0 Å². The van der Waals surface area contributed by atoms with Gasteiger partial charge < -0.3 is 5.11 Å². The summed E-state index contributed by atoms with van der Waals surface area (Å²) < 4.78 is 14.2. The summed E-state index contributed by atoms with van der Waals surface area (Å²) in [7, 11) is 0. The van der Waals surface area contributed by atoms with Crippen molar-refractivity contribution in [3.8, 4) is 6.07 Å². The molecule has 0 spiro atoms. The van der Waals surface area contributed by atoms with Crippen LogP contribution < -0.4 is 0 Å². The smallest absolute Gasteiger partial charge is 0.358 e. The number of halogens is 1. The Morgan fingerprint density at radius 1 is 1.80 bits per heavy atom. The molecule has 1 heterocycles. The lowest BCUT2D eigenvalue weighted by Gasteiger charge is -2.03. The molecule has 0 aliphatic carbocycles. The van der Waals surface area contributed by atoms with Gasteiger partial charge in [0.15, 0.2) is 5.69 Å². The number of carboxylic acid groups (broad SMARTS) is 1. The van der Waals surface area contributed by atoms with Gasteiger partial charge in [-0.05, 0) is 6.42 Å². The number of carbonyl (C=O) groups is 1. The second-order valence-corrected chi connectivity index (χ2v) is 2.93. The molecule has 1 N–H and O–H groups in total. The van der Waals surface area contributed by atoms with E-state index in [1.807, 2.05) is 6.07 Å². The first kappa shape index (κ1) is 11.1. The van der Waals surface area contributed by atoms with E-state index >= 15 is 0 Å². The second kappa shape index (κ2) is 5.05. The predicted molar refractivity (Wildman–Crippen MR) is 46.7 cm³/mol. The minimum Gasteiger partial charge on any atom is -0.476 e. The van der Waals surface area contributed by atoms with Gasteiger partial charge in [0, 0.05) is 6.42 Å². The molecule has 6 nitrogen and oxygen atoms in total. The van der Waals surface area contributed by atoms with Crippen molar-refractivity contribution in [3.63, 3.8) is 0 Å². The quantitative estimate of drug-likeness (QED) is 0.772. The maximum Gasteiger partial charge on any atom is 0.358 e. The van der Waals surface area contributed by atoms with Crippen LogP contribution in [-0.4, -0.2) is 32.2 Å². The third-order valence-electron chi connectivity index (χ3n) is 1.71. The number of hydrogen-bond donors (Lipinski definition) is 1. The van der Waals surface area contributed by atoms with Gasteiger partial charge in [0.05, 0.1) is 18.8 Å². The summed E-state index contributed by atoms with van der Waals surface area (Å²) in [4.78, 5) is 10.4. The Kier molecular flexibility index (Phi) is 3.74. The van der Waals surface area contributed by atoms with Crippen LogP contribution in [0.5, 0.6) is 0 Å². The fourth-order valence-electron chi connectivity index (χ4n) is 1.00. The number of alkyl halides is 1. The zero-order valence-corrected chi connectivity index (χ0v) is 7.80. The average Bonchev–Trinajstić information content (AvgIpc) is 2.63. The van der Waals surface area contributed by atoms with Gasteiger partial charge in [0.2, 0.25) is 0 Å². The van der Waals surface area contributed by atoms with Crippen molar-refractivity contribution in [2.75, 3.05) is 0 Å². The molecule has 15 heavy (non-hydrogen) atoms. The highest BCUT2D eigenvalue weighted by molar-refractivity contribution is 5.84. The van der Waals surface area contributed by atoms with Crippen molar-refractivity contribution in [1.29, 1.82) is 5.26 Å². The van der Waals surface area contributed by atoms with E-state index in [0.29, 0.717) is 0 Å². The predicted octanol–water partition coefficient (Wildman–Crippen LogP) is 0.618. The zero-order valence-electron chi connectivity index (χ0n) is 7.80. The Morgan fingerprint density at radius 2 is 2.53 bits per heavy atom. The maximum absolute atomic E-state index is 13.1. The van der Waals surface area contributed by atoms with E-state index in [-0.39, 0.29) is 25.1 Å². The molecular formula is C8H9FN4O2. The van der Waals surface area contributed by atoms with Crippen molar-refractivity contribution in [1.82, 2.24) is 15.0 Å². The third kappa shape index (κ3) is 3.34. The topological polar surface area (TPSA) is 91.8 Å². The molecule has 1 atom stereocenters. The molecular weight excluding hydrogens is 203 g/mol. The van der Waals surface area contributed by atoms with Crippen LogP contribution in [0, 0.1) is 11.3 Å². The first-order valence-corrected chi connectivity index (χ1v) is 4.28. The zero-order chi connectivity index (χ0) is 11.3. The van der Waals surface area contributed by atoms with E-state index in [9.17, 15) is 9.18 Å². The van der Waals surface area contributed by atoms with Crippen LogP contribution in [0.2, 0.25) is 0 Å². The largest absolute Gasteiger partial charge is 0.476 e. The lowest BCUT2D eigenvalue weighted by Crippen LogP contribution is -2.11. The molecule has 1 unspecified atom stereocenters. The first-order chi connectivity index (χ1) is 7.13. The Hall–Kier alpha value is -1.97. The summed E-state index contributed by atoms with van der Waals surface area (Å²) in [6, 6.07) is 1.83. The van der Waals surface area contributed by atoms with Gasteiger partial charge in [-0.2, -0.15) is 5.26 Å². The summed E-state index contributed by atoms with van der Waals surface area (Å²) in [5.41, 5.74) is -0.220. The summed E-state index contributed by atoms with van der Waals surface area (Å²) in [5, 5.41) is 23.5. The van der Waals surface area contributed by atoms with Crippen molar-refractivity contribution < 1.29 is 14.3 Å². The summed E-state index contributed by atoms with van der Waals surface area (Å²) in [6.45, 7) is -0.0814. The standard InChI is InChI=1S/C8H9FN4O2/c9-6(2-1-3-10)4-13-5-7(8(14)15)11-12-13/h5-6H,1-2,4H2,(H,14,15). The highest BCUT2D eigenvalue weighted by Crippen LogP contribution is 2.04. The Bertz CT molecular complexity index is 384. The summed E-state index contributed by atoms with van der Waals surface area (Å²) >= 11 is 0. The van der Waals surface area contributed by atoms with E-state index in [0.717, 1.165) is 10.9 Å².